The molecule has 4 saturated carbocycles. The molecule has 4 aliphatic carbocycles. The number of methoxy groups -OCH3 is 1. The molecule has 2 atom stereocenters. The van der Waals surface area contributed by atoms with Gasteiger partial charge in [-0.25, -0.2) is 9.78 Å². The maximum Gasteiger partial charge on any atom is 0.315 e. The topological polar surface area (TPSA) is 98.1 Å². The Balaban J connectivity index is 1.44. The van der Waals surface area contributed by atoms with Crippen molar-refractivity contribution in [1.29, 1.82) is 0 Å². The highest BCUT2D eigenvalue weighted by atomic mass is 16.5. The van der Waals surface area contributed by atoms with Gasteiger partial charge in [0.2, 0.25) is 0 Å². The van der Waals surface area contributed by atoms with E-state index < -0.39 is 5.41 Å². The Bertz CT molecular complexity index is 686. The highest BCUT2D eigenvalue weighted by Crippen LogP contribution is 2.61. The Morgan fingerprint density at radius 2 is 2.04 bits per heavy atom. The van der Waals surface area contributed by atoms with Crippen LogP contribution in [0.5, 0.6) is 0 Å². The van der Waals surface area contributed by atoms with Crippen LogP contribution < -0.4 is 10.6 Å². The normalized spacial score (nSPS) is 35.4. The summed E-state index contributed by atoms with van der Waals surface area (Å²) < 4.78 is 6.71. The van der Waals surface area contributed by atoms with Crippen molar-refractivity contribution in [3.8, 4) is 0 Å². The van der Waals surface area contributed by atoms with E-state index in [-0.39, 0.29) is 24.1 Å². The van der Waals surface area contributed by atoms with Gasteiger partial charge in [0.15, 0.2) is 5.82 Å². The number of rotatable bonds is 4. The van der Waals surface area contributed by atoms with Crippen LogP contribution in [0.25, 0.3) is 0 Å². The van der Waals surface area contributed by atoms with Gasteiger partial charge in [-0.3, -0.25) is 9.48 Å². The molecule has 0 aliphatic heterocycles. The van der Waals surface area contributed by atoms with Gasteiger partial charge in [-0.15, -0.1) is 0 Å². The van der Waals surface area contributed by atoms with Gasteiger partial charge in [0.1, 0.15) is 6.33 Å². The van der Waals surface area contributed by atoms with Crippen molar-refractivity contribution < 1.29 is 14.3 Å². The van der Waals surface area contributed by atoms with Gasteiger partial charge in [-0.1, -0.05) is 0 Å². The zero-order valence-corrected chi connectivity index (χ0v) is 14.7. The Morgan fingerprint density at radius 3 is 2.64 bits per heavy atom. The number of carbonyl (C=O) groups excluding carboxylic acids is 2. The Hall–Kier alpha value is -2.12. The van der Waals surface area contributed by atoms with E-state index in [2.05, 4.69) is 20.7 Å². The second-order valence-corrected chi connectivity index (χ2v) is 8.16. The van der Waals surface area contributed by atoms with E-state index in [1.807, 2.05) is 0 Å². The average molecular weight is 347 g/mol. The van der Waals surface area contributed by atoms with E-state index in [0.29, 0.717) is 24.1 Å². The third-order valence-corrected chi connectivity index (χ3v) is 6.11. The summed E-state index contributed by atoms with van der Waals surface area (Å²) in [6.07, 6.45) is 7.18. The molecule has 2 unspecified atom stereocenters. The van der Waals surface area contributed by atoms with Gasteiger partial charge in [0, 0.05) is 12.6 Å². The second-order valence-electron chi connectivity index (χ2n) is 8.16. The molecule has 8 heteroatoms. The molecular weight excluding hydrogens is 322 g/mol. The predicted octanol–water partition coefficient (Wildman–Crippen LogP) is 1.13. The van der Waals surface area contributed by atoms with Crippen LogP contribution in [0.4, 0.5) is 4.79 Å². The van der Waals surface area contributed by atoms with Crippen molar-refractivity contribution in [2.45, 2.75) is 50.6 Å². The number of hydrogen-bond donors (Lipinski definition) is 2. The number of aromatic nitrogens is 3. The molecule has 0 saturated heterocycles. The lowest BCUT2D eigenvalue weighted by Gasteiger charge is -2.60. The maximum atomic E-state index is 12.5. The highest BCUT2D eigenvalue weighted by Gasteiger charge is 2.61. The number of aryl methyl sites for hydroxylation is 1. The average Bonchev–Trinajstić information content (AvgIpc) is 2.96. The zero-order valence-electron chi connectivity index (χ0n) is 14.7. The Kier molecular flexibility index (Phi) is 3.73. The first kappa shape index (κ1) is 16.4. The van der Waals surface area contributed by atoms with Crippen molar-refractivity contribution in [2.24, 2.45) is 24.3 Å². The molecule has 4 aliphatic rings. The Labute approximate surface area is 146 Å². The number of urea groups is 1. The zero-order chi connectivity index (χ0) is 17.7. The van der Waals surface area contributed by atoms with Gasteiger partial charge in [-0.2, -0.15) is 5.10 Å². The van der Waals surface area contributed by atoms with Gasteiger partial charge >= 0.3 is 12.0 Å². The fraction of sp³-hybridized carbons (Fsp3) is 0.765. The monoisotopic (exact) mass is 347 g/mol. The molecule has 4 bridgehead atoms. The van der Waals surface area contributed by atoms with Crippen molar-refractivity contribution in [2.75, 3.05) is 7.11 Å². The van der Waals surface area contributed by atoms with E-state index in [1.165, 1.54) is 13.5 Å². The van der Waals surface area contributed by atoms with E-state index in [0.717, 1.165) is 25.7 Å². The van der Waals surface area contributed by atoms with E-state index in [4.69, 9.17) is 4.74 Å². The van der Waals surface area contributed by atoms with Gasteiger partial charge in [0.05, 0.1) is 19.1 Å². The number of esters is 1. The molecular formula is C17H25N5O3. The van der Waals surface area contributed by atoms with Gasteiger partial charge < -0.3 is 15.4 Å². The summed E-state index contributed by atoms with van der Waals surface area (Å²) in [5, 5.41) is 10.2. The van der Waals surface area contributed by atoms with Crippen molar-refractivity contribution in [3.63, 3.8) is 0 Å². The SMILES string of the molecule is COC(=O)C12CC3CC(CC(NC(=O)NCc4ncn(C)n4)(C3)C1)C2. The molecule has 0 spiro atoms. The summed E-state index contributed by atoms with van der Waals surface area (Å²) in [4.78, 5) is 29.0. The smallest absolute Gasteiger partial charge is 0.315 e. The fourth-order valence-corrected chi connectivity index (χ4v) is 5.77. The van der Waals surface area contributed by atoms with Gasteiger partial charge in [0.25, 0.3) is 0 Å². The third-order valence-electron chi connectivity index (χ3n) is 6.11. The third kappa shape index (κ3) is 2.87. The number of nitrogens with one attached hydrogen (secondary N) is 2. The minimum Gasteiger partial charge on any atom is -0.469 e. The highest BCUT2D eigenvalue weighted by molar-refractivity contribution is 5.79. The molecule has 1 heterocycles. The summed E-state index contributed by atoms with van der Waals surface area (Å²) in [5.74, 6) is 1.47. The molecule has 5 rings (SSSR count). The first-order valence-corrected chi connectivity index (χ1v) is 8.91. The number of hydrogen-bond acceptors (Lipinski definition) is 5. The molecule has 1 aromatic rings. The van der Waals surface area contributed by atoms with E-state index in [1.54, 1.807) is 18.1 Å². The molecule has 25 heavy (non-hydrogen) atoms. The largest absolute Gasteiger partial charge is 0.469 e. The first-order valence-electron chi connectivity index (χ1n) is 8.91. The van der Waals surface area contributed by atoms with E-state index in [9.17, 15) is 9.59 Å². The van der Waals surface area contributed by atoms with Crippen LogP contribution in [0.15, 0.2) is 6.33 Å². The molecule has 8 nitrogen and oxygen atoms in total. The van der Waals surface area contributed by atoms with Crippen LogP contribution in [0.3, 0.4) is 0 Å². The first-order chi connectivity index (χ1) is 11.9. The minimum absolute atomic E-state index is 0.106. The molecule has 0 radical (unpaired) electrons. The molecule has 4 fully saturated rings. The summed E-state index contributed by atoms with van der Waals surface area (Å²) in [7, 11) is 3.26. The van der Waals surface area contributed by atoms with Crippen LogP contribution in [0, 0.1) is 17.3 Å². The lowest BCUT2D eigenvalue weighted by Crippen LogP contribution is -2.65. The molecule has 0 aromatic carbocycles. The maximum absolute atomic E-state index is 12.5. The van der Waals surface area contributed by atoms with Gasteiger partial charge in [-0.05, 0) is 50.4 Å². The second kappa shape index (κ2) is 5.71. The van der Waals surface area contributed by atoms with E-state index >= 15 is 0 Å². The molecule has 2 N–H and O–H groups in total. The lowest BCUT2D eigenvalue weighted by atomic mass is 9.47. The van der Waals surface area contributed by atoms with Crippen LogP contribution >= 0.6 is 0 Å². The summed E-state index contributed by atoms with van der Waals surface area (Å²) in [6, 6.07) is -0.214. The number of amides is 2. The Morgan fingerprint density at radius 1 is 1.32 bits per heavy atom. The predicted molar refractivity (Wildman–Crippen MR) is 88.2 cm³/mol. The molecule has 1 aromatic heterocycles. The van der Waals surface area contributed by atoms with Crippen LogP contribution in [-0.2, 0) is 23.1 Å². The summed E-state index contributed by atoms with van der Waals surface area (Å²) in [6.45, 7) is 0.289. The number of nitrogens with zero attached hydrogens (tertiary/aromatic N) is 3. The lowest BCUT2D eigenvalue weighted by molar-refractivity contribution is -0.171. The quantitative estimate of drug-likeness (QED) is 0.796. The number of ether oxygens (including phenoxy) is 1. The fourth-order valence-electron chi connectivity index (χ4n) is 5.77. The minimum atomic E-state index is -0.408. The summed E-state index contributed by atoms with van der Waals surface area (Å²) >= 11 is 0. The summed E-state index contributed by atoms with van der Waals surface area (Å²) in [5.41, 5.74) is -0.700. The van der Waals surface area contributed by atoms with Crippen molar-refractivity contribution in [3.05, 3.63) is 12.2 Å². The molecule has 136 valence electrons. The molecule has 2 amide bonds. The van der Waals surface area contributed by atoms with Crippen molar-refractivity contribution >= 4 is 12.0 Å². The van der Waals surface area contributed by atoms with Crippen LogP contribution in [-0.4, -0.2) is 39.4 Å². The standard InChI is InChI=1S/C17H25N5O3/c1-22-10-19-13(21-22)8-18-15(24)20-17-6-11-3-12(7-17)5-16(4-11,9-17)14(23)25-2/h10-12H,3-9H2,1-2H3,(H2,18,20,24). The number of carbonyl (C=O) groups is 2. The van der Waals surface area contributed by atoms with Crippen LogP contribution in [0.2, 0.25) is 0 Å². The van der Waals surface area contributed by atoms with Crippen LogP contribution in [0.1, 0.15) is 44.3 Å². The van der Waals surface area contributed by atoms with Crippen molar-refractivity contribution in [1.82, 2.24) is 25.4 Å².